The van der Waals surface area contributed by atoms with Gasteiger partial charge in [0.05, 0.1) is 0 Å². The first-order valence-electron chi connectivity index (χ1n) is 10.5. The lowest BCUT2D eigenvalue weighted by molar-refractivity contribution is -0.122. The predicted octanol–water partition coefficient (Wildman–Crippen LogP) is 3.20. The molecule has 4 rings (SSSR count). The second-order valence-electron chi connectivity index (χ2n) is 8.52. The Hall–Kier alpha value is -1.55. The van der Waals surface area contributed by atoms with Crippen molar-refractivity contribution in [3.05, 3.63) is 29.8 Å². The van der Waals surface area contributed by atoms with Crippen LogP contribution in [0, 0.1) is 18.8 Å². The third-order valence-corrected chi connectivity index (χ3v) is 6.82. The molecule has 0 bridgehead atoms. The first kappa shape index (κ1) is 17.8. The third-order valence-electron chi connectivity index (χ3n) is 6.82. The summed E-state index contributed by atoms with van der Waals surface area (Å²) in [7, 11) is 0. The Labute approximate surface area is 157 Å². The van der Waals surface area contributed by atoms with Crippen LogP contribution in [0.3, 0.4) is 0 Å². The number of hydrogen-bond donors (Lipinski definition) is 1. The molecule has 4 nitrogen and oxygen atoms in total. The molecule has 3 fully saturated rings. The first-order chi connectivity index (χ1) is 12.7. The van der Waals surface area contributed by atoms with Crippen molar-refractivity contribution in [1.82, 2.24) is 10.2 Å². The molecule has 1 saturated heterocycles. The number of nitrogens with zero attached hydrogens (tertiary/aromatic N) is 2. The monoisotopic (exact) mass is 355 g/mol. The second kappa shape index (κ2) is 7.99. The molecule has 1 N–H and O–H groups in total. The molecule has 1 amide bonds. The van der Waals surface area contributed by atoms with Gasteiger partial charge in [-0.05, 0) is 55.7 Å². The van der Waals surface area contributed by atoms with Gasteiger partial charge in [0.15, 0.2) is 0 Å². The van der Waals surface area contributed by atoms with Crippen molar-refractivity contribution in [3.63, 3.8) is 0 Å². The summed E-state index contributed by atoms with van der Waals surface area (Å²) < 4.78 is 0. The standard InChI is InChI=1S/C22H33N3O/c1-17-4-2-6-19(16-17)25-14-12-24(13-15-25)11-10-22(26)23-21-9-8-18-5-3-7-20(18)21/h2,4,6,16,18,20-21H,3,5,7-15H2,1H3,(H,23,26)/t18-,20-,21-/m1/s1. The lowest BCUT2D eigenvalue weighted by Gasteiger charge is -2.36. The van der Waals surface area contributed by atoms with Gasteiger partial charge in [-0.3, -0.25) is 9.69 Å². The molecule has 2 saturated carbocycles. The molecule has 1 aromatic carbocycles. The normalized spacial score (nSPS) is 29.0. The summed E-state index contributed by atoms with van der Waals surface area (Å²) in [6.07, 6.45) is 7.27. The highest BCUT2D eigenvalue weighted by Crippen LogP contribution is 2.43. The zero-order valence-corrected chi connectivity index (χ0v) is 16.1. The van der Waals surface area contributed by atoms with E-state index in [4.69, 9.17) is 0 Å². The molecule has 4 heteroatoms. The summed E-state index contributed by atoms with van der Waals surface area (Å²) in [5, 5.41) is 3.35. The minimum absolute atomic E-state index is 0.267. The Morgan fingerprint density at radius 1 is 1.12 bits per heavy atom. The number of aryl methyl sites for hydroxylation is 1. The van der Waals surface area contributed by atoms with Gasteiger partial charge >= 0.3 is 0 Å². The minimum atomic E-state index is 0.267. The van der Waals surface area contributed by atoms with Crippen LogP contribution in [-0.2, 0) is 4.79 Å². The highest BCUT2D eigenvalue weighted by Gasteiger charge is 2.39. The van der Waals surface area contributed by atoms with Crippen molar-refractivity contribution < 1.29 is 4.79 Å². The Morgan fingerprint density at radius 2 is 1.96 bits per heavy atom. The second-order valence-corrected chi connectivity index (χ2v) is 8.52. The molecule has 142 valence electrons. The zero-order valence-electron chi connectivity index (χ0n) is 16.1. The Bertz CT molecular complexity index is 624. The van der Waals surface area contributed by atoms with Gasteiger partial charge in [0.25, 0.3) is 0 Å². The van der Waals surface area contributed by atoms with Gasteiger partial charge in [-0.2, -0.15) is 0 Å². The van der Waals surface area contributed by atoms with Gasteiger partial charge in [-0.15, -0.1) is 0 Å². The van der Waals surface area contributed by atoms with Crippen LogP contribution in [0.25, 0.3) is 0 Å². The molecule has 0 spiro atoms. The molecule has 0 radical (unpaired) electrons. The van der Waals surface area contributed by atoms with E-state index in [0.29, 0.717) is 12.5 Å². The van der Waals surface area contributed by atoms with E-state index in [1.54, 1.807) is 0 Å². The molecule has 1 heterocycles. The summed E-state index contributed by atoms with van der Waals surface area (Å²) in [5.74, 6) is 1.94. The maximum Gasteiger partial charge on any atom is 0.221 e. The van der Waals surface area contributed by atoms with Crippen molar-refractivity contribution in [1.29, 1.82) is 0 Å². The van der Waals surface area contributed by atoms with E-state index in [1.807, 2.05) is 0 Å². The van der Waals surface area contributed by atoms with E-state index < -0.39 is 0 Å². The third kappa shape index (κ3) is 4.06. The predicted molar refractivity (Wildman–Crippen MR) is 106 cm³/mol. The lowest BCUT2D eigenvalue weighted by atomic mass is 9.97. The Kier molecular flexibility index (Phi) is 5.49. The van der Waals surface area contributed by atoms with Crippen LogP contribution in [0.15, 0.2) is 24.3 Å². The number of piperazine rings is 1. The topological polar surface area (TPSA) is 35.6 Å². The van der Waals surface area contributed by atoms with Crippen molar-refractivity contribution in [2.24, 2.45) is 11.8 Å². The van der Waals surface area contributed by atoms with Gasteiger partial charge < -0.3 is 10.2 Å². The summed E-state index contributed by atoms with van der Waals surface area (Å²) in [6.45, 7) is 7.25. The van der Waals surface area contributed by atoms with Crippen LogP contribution < -0.4 is 10.2 Å². The van der Waals surface area contributed by atoms with Crippen LogP contribution in [-0.4, -0.2) is 49.6 Å². The van der Waals surface area contributed by atoms with Gasteiger partial charge in [0.1, 0.15) is 0 Å². The van der Waals surface area contributed by atoms with E-state index in [2.05, 4.69) is 46.3 Å². The number of hydrogen-bond acceptors (Lipinski definition) is 3. The van der Waals surface area contributed by atoms with Gasteiger partial charge in [0.2, 0.25) is 5.91 Å². The molecule has 0 aromatic heterocycles. The fourth-order valence-corrected chi connectivity index (χ4v) is 5.33. The number of benzene rings is 1. The Morgan fingerprint density at radius 3 is 2.77 bits per heavy atom. The SMILES string of the molecule is Cc1cccc(N2CCN(CCC(=O)N[C@@H]3CC[C@H]4CCC[C@H]43)CC2)c1. The van der Waals surface area contributed by atoms with E-state index in [1.165, 1.54) is 43.4 Å². The summed E-state index contributed by atoms with van der Waals surface area (Å²) in [6, 6.07) is 9.22. The van der Waals surface area contributed by atoms with Gasteiger partial charge in [-0.25, -0.2) is 0 Å². The van der Waals surface area contributed by atoms with Gasteiger partial charge in [-0.1, -0.05) is 25.0 Å². The highest BCUT2D eigenvalue weighted by molar-refractivity contribution is 5.76. The number of anilines is 1. The smallest absolute Gasteiger partial charge is 0.221 e. The van der Waals surface area contributed by atoms with E-state index in [9.17, 15) is 4.79 Å². The maximum atomic E-state index is 12.4. The van der Waals surface area contributed by atoms with Crippen LogP contribution in [0.5, 0.6) is 0 Å². The van der Waals surface area contributed by atoms with Crippen molar-refractivity contribution in [3.8, 4) is 0 Å². The number of rotatable bonds is 5. The average molecular weight is 356 g/mol. The van der Waals surface area contributed by atoms with Crippen LogP contribution in [0.1, 0.15) is 44.1 Å². The number of carbonyl (C=O) groups excluding carboxylic acids is 1. The van der Waals surface area contributed by atoms with Crippen LogP contribution in [0.2, 0.25) is 0 Å². The Balaban J connectivity index is 1.18. The molecular weight excluding hydrogens is 322 g/mol. The number of nitrogens with one attached hydrogen (secondary N) is 1. The van der Waals surface area contributed by atoms with Crippen molar-refractivity contribution in [2.75, 3.05) is 37.6 Å². The number of amides is 1. The van der Waals surface area contributed by atoms with E-state index in [-0.39, 0.29) is 5.91 Å². The summed E-state index contributed by atoms with van der Waals surface area (Å²) >= 11 is 0. The molecule has 3 aliphatic rings. The average Bonchev–Trinajstić information content (AvgIpc) is 3.26. The molecule has 1 aliphatic heterocycles. The fraction of sp³-hybridized carbons (Fsp3) is 0.682. The lowest BCUT2D eigenvalue weighted by Crippen LogP contribution is -2.47. The van der Waals surface area contributed by atoms with Gasteiger partial charge in [0, 0.05) is 50.9 Å². The largest absolute Gasteiger partial charge is 0.369 e. The molecule has 1 aromatic rings. The highest BCUT2D eigenvalue weighted by atomic mass is 16.1. The molecule has 26 heavy (non-hydrogen) atoms. The zero-order chi connectivity index (χ0) is 17.9. The number of fused-ring (bicyclic) bond motifs is 1. The van der Waals surface area contributed by atoms with Crippen molar-refractivity contribution >= 4 is 11.6 Å². The first-order valence-corrected chi connectivity index (χ1v) is 10.5. The molecular formula is C22H33N3O. The molecule has 2 aliphatic carbocycles. The minimum Gasteiger partial charge on any atom is -0.369 e. The summed E-state index contributed by atoms with van der Waals surface area (Å²) in [5.41, 5.74) is 2.65. The van der Waals surface area contributed by atoms with Crippen LogP contribution >= 0.6 is 0 Å². The number of carbonyl (C=O) groups is 1. The molecule has 3 atom stereocenters. The quantitative estimate of drug-likeness (QED) is 0.881. The summed E-state index contributed by atoms with van der Waals surface area (Å²) in [4.78, 5) is 17.3. The van der Waals surface area contributed by atoms with Crippen molar-refractivity contribution in [2.45, 2.75) is 51.5 Å². The fourth-order valence-electron chi connectivity index (χ4n) is 5.33. The van der Waals surface area contributed by atoms with Crippen LogP contribution in [0.4, 0.5) is 5.69 Å². The molecule has 0 unspecified atom stereocenters. The van der Waals surface area contributed by atoms with E-state index in [0.717, 1.165) is 44.6 Å². The van der Waals surface area contributed by atoms with E-state index >= 15 is 0 Å². The maximum absolute atomic E-state index is 12.4.